The number of rotatable bonds is 2. The van der Waals surface area contributed by atoms with Crippen LogP contribution in [-0.2, 0) is 10.4 Å². The quantitative estimate of drug-likeness (QED) is 0.884. The van der Waals surface area contributed by atoms with Crippen LogP contribution in [0.15, 0.2) is 40.9 Å². The van der Waals surface area contributed by atoms with E-state index in [4.69, 9.17) is 4.52 Å². The number of amides is 1. The predicted molar refractivity (Wildman–Crippen MR) is 68.1 cm³/mol. The summed E-state index contributed by atoms with van der Waals surface area (Å²) in [5, 5.41) is 14.4. The molecular weight excluding hydrogens is 244 g/mol. The van der Waals surface area contributed by atoms with Crippen molar-refractivity contribution in [3.05, 3.63) is 42.2 Å². The van der Waals surface area contributed by atoms with E-state index < -0.39 is 5.60 Å². The van der Waals surface area contributed by atoms with Gasteiger partial charge in [-0.3, -0.25) is 4.79 Å². The van der Waals surface area contributed by atoms with E-state index in [0.717, 1.165) is 5.56 Å². The summed E-state index contributed by atoms with van der Waals surface area (Å²) >= 11 is 0. The van der Waals surface area contributed by atoms with E-state index in [1.165, 1.54) is 4.90 Å². The Morgan fingerprint density at radius 1 is 1.37 bits per heavy atom. The molecule has 0 spiro atoms. The lowest BCUT2D eigenvalue weighted by Crippen LogP contribution is -2.35. The van der Waals surface area contributed by atoms with Crippen molar-refractivity contribution in [1.29, 1.82) is 0 Å². The van der Waals surface area contributed by atoms with Gasteiger partial charge in [-0.1, -0.05) is 35.5 Å². The van der Waals surface area contributed by atoms with Crippen LogP contribution < -0.4 is 0 Å². The molecule has 2 aromatic rings. The van der Waals surface area contributed by atoms with Crippen LogP contribution in [0.1, 0.15) is 12.2 Å². The zero-order chi connectivity index (χ0) is 13.5. The molecule has 2 heterocycles. The van der Waals surface area contributed by atoms with Crippen molar-refractivity contribution >= 4 is 5.91 Å². The fraction of sp³-hybridized carbons (Fsp3) is 0.286. The van der Waals surface area contributed by atoms with Gasteiger partial charge in [0.05, 0.1) is 0 Å². The predicted octanol–water partition coefficient (Wildman–Crippen LogP) is 1.39. The molecule has 0 saturated carbocycles. The Labute approximate surface area is 110 Å². The molecule has 1 atom stereocenters. The van der Waals surface area contributed by atoms with Crippen molar-refractivity contribution in [3.8, 4) is 11.3 Å². The first-order chi connectivity index (χ1) is 9.11. The highest BCUT2D eigenvalue weighted by atomic mass is 16.5. The van der Waals surface area contributed by atoms with Gasteiger partial charge in [-0.2, -0.15) is 0 Å². The van der Waals surface area contributed by atoms with Gasteiger partial charge in [0.25, 0.3) is 5.91 Å². The molecule has 5 heteroatoms. The number of nitrogens with zero attached hydrogens (tertiary/aromatic N) is 2. The van der Waals surface area contributed by atoms with E-state index in [0.29, 0.717) is 18.7 Å². The Bertz CT molecular complexity index is 608. The van der Waals surface area contributed by atoms with Gasteiger partial charge in [-0.05, 0) is 0 Å². The second-order valence-electron chi connectivity index (χ2n) is 4.78. The maximum absolute atomic E-state index is 12.0. The molecule has 0 aliphatic carbocycles. The van der Waals surface area contributed by atoms with Crippen LogP contribution in [0, 0.1) is 0 Å². The molecule has 1 aliphatic heterocycles. The molecule has 0 bridgehead atoms. The molecule has 1 N–H and O–H groups in total. The molecule has 0 radical (unpaired) electrons. The summed E-state index contributed by atoms with van der Waals surface area (Å²) in [6.07, 6.45) is 0.325. The van der Waals surface area contributed by atoms with Crippen molar-refractivity contribution in [3.63, 3.8) is 0 Å². The highest BCUT2D eigenvalue weighted by molar-refractivity contribution is 5.87. The number of aromatic nitrogens is 1. The molecule has 1 aliphatic rings. The van der Waals surface area contributed by atoms with Crippen LogP contribution in [-0.4, -0.2) is 34.7 Å². The maximum Gasteiger partial charge on any atom is 0.262 e. The lowest BCUT2D eigenvalue weighted by Gasteiger charge is -2.16. The minimum atomic E-state index is -1.57. The first kappa shape index (κ1) is 11.9. The van der Waals surface area contributed by atoms with Gasteiger partial charge in [0.2, 0.25) is 5.60 Å². The molecule has 98 valence electrons. The minimum absolute atomic E-state index is 0.209. The lowest BCUT2D eigenvalue weighted by molar-refractivity contribution is -0.144. The van der Waals surface area contributed by atoms with Gasteiger partial charge >= 0.3 is 0 Å². The molecule has 1 aromatic carbocycles. The van der Waals surface area contributed by atoms with Gasteiger partial charge in [0.1, 0.15) is 5.69 Å². The average Bonchev–Trinajstić information content (AvgIpc) is 3.03. The number of benzene rings is 1. The van der Waals surface area contributed by atoms with E-state index in [2.05, 4.69) is 5.16 Å². The van der Waals surface area contributed by atoms with E-state index in [9.17, 15) is 9.90 Å². The fourth-order valence-electron chi connectivity index (χ4n) is 2.30. The summed E-state index contributed by atoms with van der Waals surface area (Å²) in [4.78, 5) is 13.5. The van der Waals surface area contributed by atoms with Gasteiger partial charge in [0, 0.05) is 31.6 Å². The number of likely N-dealkylation sites (tertiary alicyclic amines) is 1. The standard InChI is InChI=1S/C14H14N2O3/c1-16-8-7-14(18,13(16)17)12-9-11(15-19-12)10-5-3-2-4-6-10/h2-6,9,18H,7-8H2,1H3. The number of likely N-dealkylation sites (N-methyl/N-ethyl adjacent to an activating group) is 1. The first-order valence-electron chi connectivity index (χ1n) is 6.12. The summed E-state index contributed by atoms with van der Waals surface area (Å²) < 4.78 is 5.18. The zero-order valence-corrected chi connectivity index (χ0v) is 10.5. The van der Waals surface area contributed by atoms with Gasteiger partial charge in [0.15, 0.2) is 5.76 Å². The lowest BCUT2D eigenvalue weighted by atomic mass is 9.98. The minimum Gasteiger partial charge on any atom is -0.373 e. The Morgan fingerprint density at radius 2 is 2.11 bits per heavy atom. The number of hydrogen-bond donors (Lipinski definition) is 1. The summed E-state index contributed by atoms with van der Waals surface area (Å²) in [5.41, 5.74) is -0.0688. The topological polar surface area (TPSA) is 66.6 Å². The van der Waals surface area contributed by atoms with E-state index in [1.54, 1.807) is 13.1 Å². The number of hydrogen-bond acceptors (Lipinski definition) is 4. The summed E-state index contributed by atoms with van der Waals surface area (Å²) in [7, 11) is 1.66. The van der Waals surface area contributed by atoms with Gasteiger partial charge < -0.3 is 14.5 Å². The van der Waals surface area contributed by atoms with Crippen LogP contribution in [0.5, 0.6) is 0 Å². The van der Waals surface area contributed by atoms with Crippen molar-refractivity contribution in [1.82, 2.24) is 10.1 Å². The molecule has 1 saturated heterocycles. The molecule has 19 heavy (non-hydrogen) atoms. The van der Waals surface area contributed by atoms with Crippen LogP contribution in [0.4, 0.5) is 0 Å². The Hall–Kier alpha value is -2.14. The molecule has 1 fully saturated rings. The van der Waals surface area contributed by atoms with Crippen LogP contribution >= 0.6 is 0 Å². The smallest absolute Gasteiger partial charge is 0.262 e. The Morgan fingerprint density at radius 3 is 2.74 bits per heavy atom. The molecule has 3 rings (SSSR count). The third kappa shape index (κ3) is 1.82. The highest BCUT2D eigenvalue weighted by Crippen LogP contribution is 2.34. The SMILES string of the molecule is CN1CCC(O)(c2cc(-c3ccccc3)no2)C1=O. The number of carbonyl (C=O) groups is 1. The van der Waals surface area contributed by atoms with Gasteiger partial charge in [-0.15, -0.1) is 0 Å². The Balaban J connectivity index is 1.96. The highest BCUT2D eigenvalue weighted by Gasteiger charge is 2.48. The largest absolute Gasteiger partial charge is 0.373 e. The van der Waals surface area contributed by atoms with Crippen LogP contribution in [0.2, 0.25) is 0 Å². The van der Waals surface area contributed by atoms with E-state index in [-0.39, 0.29) is 11.7 Å². The molecule has 5 nitrogen and oxygen atoms in total. The van der Waals surface area contributed by atoms with Crippen molar-refractivity contribution in [2.45, 2.75) is 12.0 Å². The van der Waals surface area contributed by atoms with Gasteiger partial charge in [-0.25, -0.2) is 0 Å². The normalized spacial score (nSPS) is 23.1. The molecule has 1 aromatic heterocycles. The third-order valence-corrected chi connectivity index (χ3v) is 3.50. The average molecular weight is 258 g/mol. The first-order valence-corrected chi connectivity index (χ1v) is 6.12. The van der Waals surface area contributed by atoms with Crippen LogP contribution in [0.3, 0.4) is 0 Å². The fourth-order valence-corrected chi connectivity index (χ4v) is 2.30. The summed E-state index contributed by atoms with van der Waals surface area (Å²) in [6.45, 7) is 0.511. The Kier molecular flexibility index (Phi) is 2.64. The summed E-state index contributed by atoms with van der Waals surface area (Å²) in [5.74, 6) is -0.135. The van der Waals surface area contributed by atoms with Crippen molar-refractivity contribution in [2.75, 3.05) is 13.6 Å². The molecule has 1 unspecified atom stereocenters. The van der Waals surface area contributed by atoms with Crippen molar-refractivity contribution in [2.24, 2.45) is 0 Å². The number of aliphatic hydroxyl groups is 1. The van der Waals surface area contributed by atoms with Crippen LogP contribution in [0.25, 0.3) is 11.3 Å². The number of carbonyl (C=O) groups excluding carboxylic acids is 1. The van der Waals surface area contributed by atoms with E-state index in [1.807, 2.05) is 30.3 Å². The second-order valence-corrected chi connectivity index (χ2v) is 4.78. The summed E-state index contributed by atoms with van der Waals surface area (Å²) in [6, 6.07) is 11.1. The molecule has 1 amide bonds. The van der Waals surface area contributed by atoms with Crippen molar-refractivity contribution < 1.29 is 14.4 Å². The molecular formula is C14H14N2O3. The second kappa shape index (κ2) is 4.20. The maximum atomic E-state index is 12.0. The van der Waals surface area contributed by atoms with E-state index >= 15 is 0 Å². The monoisotopic (exact) mass is 258 g/mol. The zero-order valence-electron chi connectivity index (χ0n) is 10.5. The third-order valence-electron chi connectivity index (χ3n) is 3.50.